The molecule has 2 aliphatic carbocycles. The van der Waals surface area contributed by atoms with Crippen LogP contribution < -0.4 is 4.90 Å². The number of hydrogen-bond acceptors (Lipinski definition) is 2. The van der Waals surface area contributed by atoms with Gasteiger partial charge < -0.3 is 4.90 Å². The minimum absolute atomic E-state index is 0.439. The standard InChI is InChI=1S/C59H37NS/c1-3-16-38(17-4-1)39-30-32-42(33-31-39)60(55-29-15-25-49-56-44-21-8-7-20-41(44)36-50(58(56)61-57(49)55)40-18-5-2-6-19-40)43-34-35-48-47-24-11-14-28-53(47)59(54(48)37-43)51-26-12-9-22-45(51)46-23-10-13-27-52(46)59/h1-37H. The van der Waals surface area contributed by atoms with Gasteiger partial charge in [0.1, 0.15) is 0 Å². The Hall–Kier alpha value is -7.52. The normalized spacial score (nSPS) is 13.0. The van der Waals surface area contributed by atoms with Gasteiger partial charge in [0, 0.05) is 32.4 Å². The van der Waals surface area contributed by atoms with E-state index >= 15 is 0 Å². The SMILES string of the molecule is c1ccc(-c2ccc(N(c3ccc4c(c3)C3(c5ccccc5-c5ccccc53)c3ccccc3-4)c3cccc4c3sc3c(-c5ccccc5)cc5ccccc5c34)cc2)cc1. The lowest BCUT2D eigenvalue weighted by atomic mass is 9.70. The van der Waals surface area contributed by atoms with Crippen LogP contribution in [0.2, 0.25) is 0 Å². The minimum atomic E-state index is -0.439. The molecule has 2 aliphatic rings. The maximum absolute atomic E-state index is 2.51. The van der Waals surface area contributed by atoms with Crippen molar-refractivity contribution in [1.29, 1.82) is 0 Å². The maximum Gasteiger partial charge on any atom is 0.0726 e. The van der Waals surface area contributed by atoms with Crippen LogP contribution in [0.1, 0.15) is 22.3 Å². The van der Waals surface area contributed by atoms with Gasteiger partial charge in [0.15, 0.2) is 0 Å². The molecule has 2 heteroatoms. The van der Waals surface area contributed by atoms with Crippen LogP contribution in [0.3, 0.4) is 0 Å². The number of hydrogen-bond donors (Lipinski definition) is 0. The van der Waals surface area contributed by atoms with Crippen molar-refractivity contribution in [1.82, 2.24) is 0 Å². The first-order chi connectivity index (χ1) is 30.3. The molecule has 10 aromatic carbocycles. The van der Waals surface area contributed by atoms with Gasteiger partial charge in [-0.2, -0.15) is 0 Å². The Labute approximate surface area is 359 Å². The number of fused-ring (bicyclic) bond motifs is 15. The summed E-state index contributed by atoms with van der Waals surface area (Å²) in [4.78, 5) is 2.51. The number of anilines is 3. The fraction of sp³-hybridized carbons (Fsp3) is 0.0169. The van der Waals surface area contributed by atoms with Gasteiger partial charge >= 0.3 is 0 Å². The average Bonchev–Trinajstić information content (AvgIpc) is 3.97. The van der Waals surface area contributed by atoms with Crippen molar-refractivity contribution in [2.24, 2.45) is 0 Å². The van der Waals surface area contributed by atoms with Crippen molar-refractivity contribution in [2.75, 3.05) is 4.90 Å². The Kier molecular flexibility index (Phi) is 7.46. The zero-order chi connectivity index (χ0) is 40.1. The highest BCUT2D eigenvalue weighted by atomic mass is 32.1. The minimum Gasteiger partial charge on any atom is -0.309 e. The number of rotatable bonds is 5. The number of thiophene rings is 1. The van der Waals surface area contributed by atoms with Crippen LogP contribution in [0.25, 0.3) is 75.5 Å². The van der Waals surface area contributed by atoms with Gasteiger partial charge in [0.2, 0.25) is 0 Å². The molecule has 0 amide bonds. The fourth-order valence-corrected chi connectivity index (χ4v) is 12.1. The lowest BCUT2D eigenvalue weighted by Crippen LogP contribution is -2.26. The maximum atomic E-state index is 2.51. The largest absolute Gasteiger partial charge is 0.309 e. The highest BCUT2D eigenvalue weighted by Crippen LogP contribution is 2.63. The fourth-order valence-electron chi connectivity index (χ4n) is 10.7. The summed E-state index contributed by atoms with van der Waals surface area (Å²) in [6, 6.07) is 83.4. The van der Waals surface area contributed by atoms with Crippen LogP contribution in [0.5, 0.6) is 0 Å². The summed E-state index contributed by atoms with van der Waals surface area (Å²) in [6.07, 6.45) is 0. The Morgan fingerprint density at radius 1 is 0.328 bits per heavy atom. The van der Waals surface area contributed by atoms with E-state index in [1.54, 1.807) is 0 Å². The molecule has 0 radical (unpaired) electrons. The van der Waals surface area contributed by atoms with Crippen LogP contribution in [-0.2, 0) is 5.41 Å². The number of nitrogens with zero attached hydrogens (tertiary/aromatic N) is 1. The van der Waals surface area contributed by atoms with E-state index in [9.17, 15) is 0 Å². The molecular formula is C59H37NS. The zero-order valence-electron chi connectivity index (χ0n) is 33.2. The van der Waals surface area contributed by atoms with E-state index in [2.05, 4.69) is 229 Å². The Bertz CT molecular complexity index is 3460. The quantitative estimate of drug-likeness (QED) is 0.168. The van der Waals surface area contributed by atoms with Gasteiger partial charge in [-0.1, -0.05) is 188 Å². The van der Waals surface area contributed by atoms with Crippen LogP contribution in [0.4, 0.5) is 17.1 Å². The smallest absolute Gasteiger partial charge is 0.0726 e. The van der Waals surface area contributed by atoms with Crippen LogP contribution in [0.15, 0.2) is 224 Å². The van der Waals surface area contributed by atoms with Gasteiger partial charge in [0.05, 0.1) is 15.8 Å². The summed E-state index contributed by atoms with van der Waals surface area (Å²) in [5, 5.41) is 5.14. The highest BCUT2D eigenvalue weighted by Gasteiger charge is 2.51. The topological polar surface area (TPSA) is 3.24 Å². The first-order valence-corrected chi connectivity index (χ1v) is 21.9. The summed E-state index contributed by atoms with van der Waals surface area (Å²) in [5.41, 5.74) is 18.5. The molecule has 1 aromatic heterocycles. The predicted octanol–water partition coefficient (Wildman–Crippen LogP) is 16.4. The van der Waals surface area contributed by atoms with Gasteiger partial charge in [-0.3, -0.25) is 0 Å². The first-order valence-electron chi connectivity index (χ1n) is 21.1. The summed E-state index contributed by atoms with van der Waals surface area (Å²) in [6.45, 7) is 0. The van der Waals surface area contributed by atoms with E-state index in [4.69, 9.17) is 0 Å². The van der Waals surface area contributed by atoms with Gasteiger partial charge in [0.25, 0.3) is 0 Å². The molecule has 0 unspecified atom stereocenters. The van der Waals surface area contributed by atoms with Crippen molar-refractivity contribution in [3.8, 4) is 44.5 Å². The second kappa shape index (κ2) is 13.2. The van der Waals surface area contributed by atoms with E-state index < -0.39 is 5.41 Å². The molecule has 13 rings (SSSR count). The highest BCUT2D eigenvalue weighted by molar-refractivity contribution is 7.27. The molecule has 1 nitrogen and oxygen atoms in total. The Balaban J connectivity index is 1.10. The Morgan fingerprint density at radius 2 is 0.852 bits per heavy atom. The van der Waals surface area contributed by atoms with E-state index in [0.717, 1.165) is 11.4 Å². The van der Waals surface area contributed by atoms with Crippen molar-refractivity contribution in [2.45, 2.75) is 5.41 Å². The van der Waals surface area contributed by atoms with Gasteiger partial charge in [-0.15, -0.1) is 11.3 Å². The molecule has 0 fully saturated rings. The molecule has 0 saturated heterocycles. The molecule has 1 spiro atoms. The molecule has 0 atom stereocenters. The molecule has 0 saturated carbocycles. The molecule has 1 heterocycles. The third-order valence-corrected chi connectivity index (χ3v) is 14.5. The monoisotopic (exact) mass is 791 g/mol. The van der Waals surface area contributed by atoms with E-state index in [1.165, 1.54) is 103 Å². The average molecular weight is 792 g/mol. The molecule has 11 aromatic rings. The molecular weight excluding hydrogens is 755 g/mol. The zero-order valence-corrected chi connectivity index (χ0v) is 34.0. The van der Waals surface area contributed by atoms with Crippen molar-refractivity contribution in [3.63, 3.8) is 0 Å². The molecule has 61 heavy (non-hydrogen) atoms. The van der Waals surface area contributed by atoms with Crippen molar-refractivity contribution < 1.29 is 0 Å². The predicted molar refractivity (Wildman–Crippen MR) is 259 cm³/mol. The molecule has 0 bridgehead atoms. The number of benzene rings is 10. The van der Waals surface area contributed by atoms with E-state index in [0.29, 0.717) is 0 Å². The third kappa shape index (κ3) is 4.88. The van der Waals surface area contributed by atoms with E-state index in [-0.39, 0.29) is 0 Å². The summed E-state index contributed by atoms with van der Waals surface area (Å²) in [7, 11) is 0. The molecule has 0 N–H and O–H groups in total. The van der Waals surface area contributed by atoms with Gasteiger partial charge in [-0.25, -0.2) is 0 Å². The van der Waals surface area contributed by atoms with E-state index in [1.807, 2.05) is 11.3 Å². The lowest BCUT2D eigenvalue weighted by molar-refractivity contribution is 0.793. The van der Waals surface area contributed by atoms with Crippen molar-refractivity contribution >= 4 is 59.3 Å². The van der Waals surface area contributed by atoms with Crippen LogP contribution in [-0.4, -0.2) is 0 Å². The van der Waals surface area contributed by atoms with Crippen LogP contribution in [0, 0.1) is 0 Å². The summed E-state index contributed by atoms with van der Waals surface area (Å²) < 4.78 is 2.59. The van der Waals surface area contributed by atoms with Crippen LogP contribution >= 0.6 is 11.3 Å². The van der Waals surface area contributed by atoms with Crippen molar-refractivity contribution in [3.05, 3.63) is 247 Å². The summed E-state index contributed by atoms with van der Waals surface area (Å²) >= 11 is 1.92. The lowest BCUT2D eigenvalue weighted by Gasteiger charge is -2.32. The second-order valence-corrected chi connectivity index (χ2v) is 17.4. The molecule has 0 aliphatic heterocycles. The third-order valence-electron chi connectivity index (χ3n) is 13.3. The summed E-state index contributed by atoms with van der Waals surface area (Å²) in [5.74, 6) is 0. The Morgan fingerprint density at radius 3 is 1.52 bits per heavy atom. The molecule has 284 valence electrons. The first kappa shape index (κ1) is 34.4. The van der Waals surface area contributed by atoms with Gasteiger partial charge in [-0.05, 0) is 108 Å². The second-order valence-electron chi connectivity index (χ2n) is 16.3.